The van der Waals surface area contributed by atoms with Crippen LogP contribution in [0.1, 0.15) is 0 Å². The molecular formula is C18H13N3. The van der Waals surface area contributed by atoms with Gasteiger partial charge >= 0.3 is 0 Å². The monoisotopic (exact) mass is 271 g/mol. The van der Waals surface area contributed by atoms with Crippen molar-refractivity contribution >= 4 is 5.65 Å². The standard InChI is InChI=1S/C18H13N3/c1-3-7-14(8-4-1)16-11-12-21-18(19-16)13-17(20-21)15-9-5-2-6-10-15/h1-13H. The number of nitrogens with zero attached hydrogens (tertiary/aromatic N) is 3. The molecule has 0 aliphatic rings. The molecule has 2 heterocycles. The van der Waals surface area contributed by atoms with Crippen molar-refractivity contribution in [3.63, 3.8) is 0 Å². The van der Waals surface area contributed by atoms with Gasteiger partial charge in [0.1, 0.15) is 0 Å². The van der Waals surface area contributed by atoms with Crippen LogP contribution in [0.4, 0.5) is 0 Å². The van der Waals surface area contributed by atoms with E-state index < -0.39 is 0 Å². The summed E-state index contributed by atoms with van der Waals surface area (Å²) in [6, 6.07) is 24.3. The van der Waals surface area contributed by atoms with Crippen LogP contribution in [0.5, 0.6) is 0 Å². The van der Waals surface area contributed by atoms with E-state index in [1.165, 1.54) is 0 Å². The lowest BCUT2D eigenvalue weighted by Gasteiger charge is -2.00. The van der Waals surface area contributed by atoms with Crippen molar-refractivity contribution in [3.8, 4) is 22.5 Å². The third-order valence-corrected chi connectivity index (χ3v) is 3.46. The van der Waals surface area contributed by atoms with Crippen LogP contribution in [0.25, 0.3) is 28.2 Å². The van der Waals surface area contributed by atoms with Gasteiger partial charge in [-0.3, -0.25) is 0 Å². The minimum absolute atomic E-state index is 0.857. The van der Waals surface area contributed by atoms with Gasteiger partial charge in [-0.15, -0.1) is 0 Å². The van der Waals surface area contributed by atoms with Crippen molar-refractivity contribution in [2.75, 3.05) is 0 Å². The molecule has 2 aromatic heterocycles. The highest BCUT2D eigenvalue weighted by molar-refractivity contribution is 5.66. The van der Waals surface area contributed by atoms with Crippen molar-refractivity contribution in [2.45, 2.75) is 0 Å². The van der Waals surface area contributed by atoms with E-state index in [0.717, 1.165) is 28.2 Å². The number of hydrogen-bond acceptors (Lipinski definition) is 2. The van der Waals surface area contributed by atoms with Crippen molar-refractivity contribution in [1.82, 2.24) is 14.6 Å². The predicted octanol–water partition coefficient (Wildman–Crippen LogP) is 4.06. The van der Waals surface area contributed by atoms with Gasteiger partial charge in [-0.1, -0.05) is 60.7 Å². The average Bonchev–Trinajstić information content (AvgIpc) is 2.99. The number of aromatic nitrogens is 3. The maximum atomic E-state index is 4.69. The summed E-state index contributed by atoms with van der Waals surface area (Å²) in [5.74, 6) is 0. The van der Waals surface area contributed by atoms with E-state index in [1.54, 1.807) is 0 Å². The topological polar surface area (TPSA) is 30.2 Å². The highest BCUT2D eigenvalue weighted by atomic mass is 15.2. The molecule has 0 aliphatic heterocycles. The molecule has 0 spiro atoms. The molecule has 0 bridgehead atoms. The van der Waals surface area contributed by atoms with Crippen LogP contribution < -0.4 is 0 Å². The smallest absolute Gasteiger partial charge is 0.156 e. The van der Waals surface area contributed by atoms with Crippen molar-refractivity contribution < 1.29 is 0 Å². The zero-order valence-corrected chi connectivity index (χ0v) is 11.3. The second-order valence-corrected chi connectivity index (χ2v) is 4.88. The van der Waals surface area contributed by atoms with E-state index in [-0.39, 0.29) is 0 Å². The van der Waals surface area contributed by atoms with Crippen LogP contribution in [-0.4, -0.2) is 14.6 Å². The molecule has 2 aromatic carbocycles. The summed E-state index contributed by atoms with van der Waals surface area (Å²) < 4.78 is 1.81. The zero-order valence-electron chi connectivity index (χ0n) is 11.3. The number of benzene rings is 2. The second-order valence-electron chi connectivity index (χ2n) is 4.88. The molecule has 0 saturated carbocycles. The Hall–Kier alpha value is -2.94. The Morgan fingerprint density at radius 3 is 1.95 bits per heavy atom. The van der Waals surface area contributed by atoms with Gasteiger partial charge in [0.15, 0.2) is 5.65 Å². The third kappa shape index (κ3) is 2.19. The summed E-state index contributed by atoms with van der Waals surface area (Å²) in [6.07, 6.45) is 1.96. The Morgan fingerprint density at radius 1 is 0.667 bits per heavy atom. The molecule has 4 rings (SSSR count). The van der Waals surface area contributed by atoms with E-state index >= 15 is 0 Å². The molecule has 0 saturated heterocycles. The third-order valence-electron chi connectivity index (χ3n) is 3.46. The highest BCUT2D eigenvalue weighted by Gasteiger charge is 2.06. The molecule has 0 radical (unpaired) electrons. The normalized spacial score (nSPS) is 10.9. The summed E-state index contributed by atoms with van der Waals surface area (Å²) in [5.41, 5.74) is 4.97. The van der Waals surface area contributed by atoms with Gasteiger partial charge in [0.05, 0.1) is 11.4 Å². The first-order chi connectivity index (χ1) is 10.4. The van der Waals surface area contributed by atoms with E-state index in [9.17, 15) is 0 Å². The van der Waals surface area contributed by atoms with Gasteiger partial charge in [0, 0.05) is 23.4 Å². The summed E-state index contributed by atoms with van der Waals surface area (Å²) in [5, 5.41) is 4.57. The quantitative estimate of drug-likeness (QED) is 0.550. The van der Waals surface area contributed by atoms with E-state index in [2.05, 4.69) is 29.4 Å². The summed E-state index contributed by atoms with van der Waals surface area (Å²) >= 11 is 0. The Labute approximate surface area is 122 Å². The highest BCUT2D eigenvalue weighted by Crippen LogP contribution is 2.21. The van der Waals surface area contributed by atoms with Crippen LogP contribution in [0.3, 0.4) is 0 Å². The molecule has 0 fully saturated rings. The van der Waals surface area contributed by atoms with Gasteiger partial charge < -0.3 is 0 Å². The molecule has 0 amide bonds. The van der Waals surface area contributed by atoms with Crippen LogP contribution >= 0.6 is 0 Å². The van der Waals surface area contributed by atoms with E-state index in [4.69, 9.17) is 4.98 Å². The maximum Gasteiger partial charge on any atom is 0.156 e. The fraction of sp³-hybridized carbons (Fsp3) is 0. The summed E-state index contributed by atoms with van der Waals surface area (Å²) in [4.78, 5) is 4.69. The predicted molar refractivity (Wildman–Crippen MR) is 83.9 cm³/mol. The summed E-state index contributed by atoms with van der Waals surface area (Å²) in [6.45, 7) is 0. The molecular weight excluding hydrogens is 258 g/mol. The van der Waals surface area contributed by atoms with E-state index in [1.807, 2.05) is 59.2 Å². The summed E-state index contributed by atoms with van der Waals surface area (Å²) in [7, 11) is 0. The number of rotatable bonds is 2. The first-order valence-corrected chi connectivity index (χ1v) is 6.87. The van der Waals surface area contributed by atoms with Crippen molar-refractivity contribution in [1.29, 1.82) is 0 Å². The molecule has 21 heavy (non-hydrogen) atoms. The van der Waals surface area contributed by atoms with Gasteiger partial charge in [0.25, 0.3) is 0 Å². The van der Waals surface area contributed by atoms with Crippen molar-refractivity contribution in [3.05, 3.63) is 79.0 Å². The maximum absolute atomic E-state index is 4.69. The van der Waals surface area contributed by atoms with Crippen LogP contribution in [0, 0.1) is 0 Å². The molecule has 0 atom stereocenters. The van der Waals surface area contributed by atoms with Gasteiger partial charge in [-0.05, 0) is 6.07 Å². The van der Waals surface area contributed by atoms with Gasteiger partial charge in [-0.2, -0.15) is 5.10 Å². The second kappa shape index (κ2) is 4.87. The first kappa shape index (κ1) is 11.9. The molecule has 0 N–H and O–H groups in total. The van der Waals surface area contributed by atoms with Gasteiger partial charge in [-0.25, -0.2) is 9.50 Å². The zero-order chi connectivity index (χ0) is 14.1. The lowest BCUT2D eigenvalue weighted by molar-refractivity contribution is 0.945. The Bertz CT molecular complexity index is 843. The van der Waals surface area contributed by atoms with Crippen LogP contribution in [0.15, 0.2) is 79.0 Å². The van der Waals surface area contributed by atoms with E-state index in [0.29, 0.717) is 0 Å². The van der Waals surface area contributed by atoms with Crippen LogP contribution in [-0.2, 0) is 0 Å². The molecule has 0 aliphatic carbocycles. The first-order valence-electron chi connectivity index (χ1n) is 6.87. The largest absolute Gasteiger partial charge is 0.229 e. The Balaban J connectivity index is 1.82. The number of hydrogen-bond donors (Lipinski definition) is 0. The van der Waals surface area contributed by atoms with Gasteiger partial charge in [0.2, 0.25) is 0 Å². The van der Waals surface area contributed by atoms with Crippen molar-refractivity contribution in [2.24, 2.45) is 0 Å². The lowest BCUT2D eigenvalue weighted by atomic mass is 10.1. The Morgan fingerprint density at radius 2 is 1.29 bits per heavy atom. The minimum Gasteiger partial charge on any atom is -0.229 e. The fourth-order valence-corrected chi connectivity index (χ4v) is 2.40. The van der Waals surface area contributed by atoms with Crippen LogP contribution in [0.2, 0.25) is 0 Å². The molecule has 0 unspecified atom stereocenters. The molecule has 3 heteroatoms. The fourth-order valence-electron chi connectivity index (χ4n) is 2.40. The average molecular weight is 271 g/mol. The molecule has 100 valence electrons. The SMILES string of the molecule is c1ccc(-c2ccn3nc(-c4ccccc4)cc3n2)cc1. The lowest BCUT2D eigenvalue weighted by Crippen LogP contribution is -1.91. The minimum atomic E-state index is 0.857. The molecule has 3 nitrogen and oxygen atoms in total. The molecule has 4 aromatic rings. The number of fused-ring (bicyclic) bond motifs is 1. The Kier molecular flexibility index (Phi) is 2.75.